The number of hydrogen-bond donors (Lipinski definition) is 2. The second kappa shape index (κ2) is 3.75. The van der Waals surface area contributed by atoms with Crippen molar-refractivity contribution < 1.29 is 10.0 Å². The van der Waals surface area contributed by atoms with Crippen molar-refractivity contribution in [1.29, 1.82) is 0 Å². The summed E-state index contributed by atoms with van der Waals surface area (Å²) in [4.78, 5) is 1.78. The van der Waals surface area contributed by atoms with E-state index < -0.39 is 0 Å². The van der Waals surface area contributed by atoms with Crippen LogP contribution in [-0.2, 0) is 0 Å². The van der Waals surface area contributed by atoms with Gasteiger partial charge in [-0.2, -0.15) is 0 Å². The molecule has 2 aliphatic rings. The van der Waals surface area contributed by atoms with Crippen molar-refractivity contribution >= 4 is 0 Å². The van der Waals surface area contributed by atoms with Gasteiger partial charge in [0.05, 0.1) is 25.7 Å². The highest BCUT2D eigenvalue weighted by molar-refractivity contribution is 4.74. The number of piperidine rings is 2. The van der Waals surface area contributed by atoms with E-state index in [0.29, 0.717) is 12.5 Å². The fourth-order valence-corrected chi connectivity index (χ4v) is 3.00. The summed E-state index contributed by atoms with van der Waals surface area (Å²) in [6.07, 6.45) is 6.76. The van der Waals surface area contributed by atoms with Crippen molar-refractivity contribution in [2.45, 2.75) is 38.1 Å². The van der Waals surface area contributed by atoms with E-state index >= 15 is 0 Å². The van der Waals surface area contributed by atoms with Gasteiger partial charge in [-0.15, -0.1) is 0 Å². The summed E-state index contributed by atoms with van der Waals surface area (Å²) >= 11 is 0. The first-order chi connectivity index (χ1) is 5.92. The smallest absolute Gasteiger partial charge is 0.0925 e. The van der Waals surface area contributed by atoms with E-state index in [2.05, 4.69) is 0 Å². The first-order valence-electron chi connectivity index (χ1n) is 5.37. The van der Waals surface area contributed by atoms with E-state index in [0.717, 1.165) is 6.04 Å². The van der Waals surface area contributed by atoms with E-state index in [1.807, 2.05) is 0 Å². The standard InChI is InChI=1S/C10H19NO/c12-8-9-4-3-7-11-6-2-1-5-10(9)11/h9-10,12H,1-8H2/p+1/t9-,10+/m1/s1. The van der Waals surface area contributed by atoms with E-state index in [4.69, 9.17) is 0 Å². The van der Waals surface area contributed by atoms with Crippen LogP contribution in [0.15, 0.2) is 0 Å². The van der Waals surface area contributed by atoms with Crippen molar-refractivity contribution in [2.24, 2.45) is 5.92 Å². The molecule has 0 spiro atoms. The Morgan fingerprint density at radius 2 is 1.92 bits per heavy atom. The first kappa shape index (κ1) is 8.52. The van der Waals surface area contributed by atoms with Crippen molar-refractivity contribution in [3.8, 4) is 0 Å². The Labute approximate surface area is 74.6 Å². The maximum atomic E-state index is 9.22. The minimum atomic E-state index is 0.425. The average Bonchev–Trinajstić information content (AvgIpc) is 2.17. The zero-order valence-electron chi connectivity index (χ0n) is 7.76. The number of hydrogen-bond acceptors (Lipinski definition) is 1. The summed E-state index contributed by atoms with van der Waals surface area (Å²) in [5, 5.41) is 9.22. The fraction of sp³-hybridized carbons (Fsp3) is 1.00. The van der Waals surface area contributed by atoms with Gasteiger partial charge in [0.25, 0.3) is 0 Å². The Balaban J connectivity index is 1.99. The number of nitrogens with one attached hydrogen (secondary N) is 1. The average molecular weight is 170 g/mol. The largest absolute Gasteiger partial charge is 0.396 e. The Morgan fingerprint density at radius 1 is 1.08 bits per heavy atom. The molecular formula is C10H20NO+. The summed E-state index contributed by atoms with van der Waals surface area (Å²) in [6, 6.07) is 0.803. The Hall–Kier alpha value is -0.0800. The van der Waals surface area contributed by atoms with Gasteiger partial charge in [-0.1, -0.05) is 0 Å². The lowest BCUT2D eigenvalue weighted by molar-refractivity contribution is -0.940. The molecule has 0 aromatic rings. The van der Waals surface area contributed by atoms with Crippen LogP contribution in [0.2, 0.25) is 0 Å². The van der Waals surface area contributed by atoms with Crippen LogP contribution >= 0.6 is 0 Å². The lowest BCUT2D eigenvalue weighted by Gasteiger charge is -2.40. The molecule has 0 amide bonds. The van der Waals surface area contributed by atoms with Crippen molar-refractivity contribution in [1.82, 2.24) is 0 Å². The molecule has 0 aliphatic carbocycles. The molecule has 2 saturated heterocycles. The number of aliphatic hydroxyl groups is 1. The summed E-state index contributed by atoms with van der Waals surface area (Å²) < 4.78 is 0. The molecule has 1 unspecified atom stereocenters. The van der Waals surface area contributed by atoms with Crippen LogP contribution < -0.4 is 4.90 Å². The van der Waals surface area contributed by atoms with Crippen molar-refractivity contribution in [2.75, 3.05) is 19.7 Å². The molecule has 2 nitrogen and oxygen atoms in total. The minimum absolute atomic E-state index is 0.425. The van der Waals surface area contributed by atoms with Gasteiger partial charge in [-0.05, 0) is 32.1 Å². The Bertz CT molecular complexity index is 140. The van der Waals surface area contributed by atoms with Gasteiger partial charge in [-0.25, -0.2) is 0 Å². The molecule has 12 heavy (non-hydrogen) atoms. The maximum Gasteiger partial charge on any atom is 0.0925 e. The molecule has 2 fully saturated rings. The molecule has 0 aromatic heterocycles. The number of rotatable bonds is 1. The molecule has 2 rings (SSSR count). The monoisotopic (exact) mass is 170 g/mol. The molecule has 3 atom stereocenters. The molecule has 0 radical (unpaired) electrons. The molecule has 2 N–H and O–H groups in total. The Morgan fingerprint density at radius 3 is 2.75 bits per heavy atom. The highest BCUT2D eigenvalue weighted by Crippen LogP contribution is 2.19. The quantitative estimate of drug-likeness (QED) is 0.561. The van der Waals surface area contributed by atoms with Crippen LogP contribution in [0.25, 0.3) is 0 Å². The third kappa shape index (κ3) is 1.50. The molecule has 0 aromatic carbocycles. The van der Waals surface area contributed by atoms with Gasteiger partial charge in [-0.3, -0.25) is 0 Å². The fourth-order valence-electron chi connectivity index (χ4n) is 3.00. The van der Waals surface area contributed by atoms with E-state index in [1.165, 1.54) is 45.2 Å². The summed E-state index contributed by atoms with van der Waals surface area (Å²) in [5.74, 6) is 0.619. The molecular weight excluding hydrogens is 150 g/mol. The number of quaternary nitrogens is 1. The lowest BCUT2D eigenvalue weighted by atomic mass is 9.84. The van der Waals surface area contributed by atoms with Gasteiger partial charge < -0.3 is 10.0 Å². The van der Waals surface area contributed by atoms with Crippen LogP contribution in [0.1, 0.15) is 32.1 Å². The summed E-state index contributed by atoms with van der Waals surface area (Å²) in [6.45, 7) is 3.15. The van der Waals surface area contributed by atoms with Crippen molar-refractivity contribution in [3.63, 3.8) is 0 Å². The Kier molecular flexibility index (Phi) is 2.66. The predicted octanol–water partition coefficient (Wildman–Crippen LogP) is -0.174. The van der Waals surface area contributed by atoms with Crippen LogP contribution in [0.4, 0.5) is 0 Å². The molecule has 2 aliphatic heterocycles. The first-order valence-corrected chi connectivity index (χ1v) is 5.37. The topological polar surface area (TPSA) is 24.7 Å². The van der Waals surface area contributed by atoms with Gasteiger partial charge in [0.2, 0.25) is 0 Å². The molecule has 70 valence electrons. The highest BCUT2D eigenvalue weighted by atomic mass is 16.3. The van der Waals surface area contributed by atoms with Gasteiger partial charge >= 0.3 is 0 Å². The molecule has 2 heterocycles. The van der Waals surface area contributed by atoms with Gasteiger partial charge in [0.1, 0.15) is 0 Å². The summed E-state index contributed by atoms with van der Waals surface area (Å²) in [7, 11) is 0. The number of aliphatic hydroxyl groups excluding tert-OH is 1. The van der Waals surface area contributed by atoms with Crippen LogP contribution in [0.5, 0.6) is 0 Å². The van der Waals surface area contributed by atoms with E-state index in [-0.39, 0.29) is 0 Å². The third-order valence-corrected chi connectivity index (χ3v) is 3.66. The zero-order chi connectivity index (χ0) is 8.39. The zero-order valence-corrected chi connectivity index (χ0v) is 7.76. The van der Waals surface area contributed by atoms with Crippen molar-refractivity contribution in [3.05, 3.63) is 0 Å². The molecule has 0 saturated carbocycles. The highest BCUT2D eigenvalue weighted by Gasteiger charge is 2.35. The second-order valence-electron chi connectivity index (χ2n) is 4.35. The second-order valence-corrected chi connectivity index (χ2v) is 4.35. The lowest BCUT2D eigenvalue weighted by Crippen LogP contribution is -3.18. The SMILES string of the molecule is OC[C@H]1CCC[NH+]2CCCC[C@@H]12. The van der Waals surface area contributed by atoms with Crippen LogP contribution in [0, 0.1) is 5.92 Å². The van der Waals surface area contributed by atoms with Crippen LogP contribution in [0.3, 0.4) is 0 Å². The van der Waals surface area contributed by atoms with E-state index in [1.54, 1.807) is 4.90 Å². The van der Waals surface area contributed by atoms with Crippen LogP contribution in [-0.4, -0.2) is 30.8 Å². The van der Waals surface area contributed by atoms with Gasteiger partial charge in [0.15, 0.2) is 0 Å². The molecule has 0 bridgehead atoms. The third-order valence-electron chi connectivity index (χ3n) is 3.66. The normalized spacial score (nSPS) is 42.2. The summed E-state index contributed by atoms with van der Waals surface area (Å²) in [5.41, 5.74) is 0. The van der Waals surface area contributed by atoms with Gasteiger partial charge in [0, 0.05) is 5.92 Å². The predicted molar refractivity (Wildman–Crippen MR) is 48.1 cm³/mol. The molecule has 2 heteroatoms. The van der Waals surface area contributed by atoms with E-state index in [9.17, 15) is 5.11 Å². The minimum Gasteiger partial charge on any atom is -0.396 e. The number of fused-ring (bicyclic) bond motifs is 1. The maximum absolute atomic E-state index is 9.22.